The predicted octanol–water partition coefficient (Wildman–Crippen LogP) is 1.24. The van der Waals surface area contributed by atoms with Gasteiger partial charge in [0.2, 0.25) is 0 Å². The van der Waals surface area contributed by atoms with Crippen molar-refractivity contribution in [1.82, 2.24) is 19.9 Å². The summed E-state index contributed by atoms with van der Waals surface area (Å²) in [5.41, 5.74) is 1.54. The number of nitrogens with zero attached hydrogens (tertiary/aromatic N) is 5. The summed E-state index contributed by atoms with van der Waals surface area (Å²) in [4.78, 5) is 17.8. The molecule has 0 aliphatic heterocycles. The minimum absolute atomic E-state index is 0.510. The van der Waals surface area contributed by atoms with Crippen LogP contribution in [0.15, 0.2) is 12.7 Å². The van der Waals surface area contributed by atoms with E-state index in [1.807, 2.05) is 0 Å². The molecule has 0 amide bonds. The Labute approximate surface area is 98.3 Å². The van der Waals surface area contributed by atoms with Crippen LogP contribution in [0.1, 0.15) is 19.3 Å². The van der Waals surface area contributed by atoms with Crippen LogP contribution in [0.2, 0.25) is 0 Å². The normalized spacial score (nSPS) is 14.8. The van der Waals surface area contributed by atoms with Gasteiger partial charge in [0.15, 0.2) is 11.5 Å². The molecule has 1 saturated carbocycles. The fourth-order valence-electron chi connectivity index (χ4n) is 1.99. The second kappa shape index (κ2) is 4.01. The van der Waals surface area contributed by atoms with Crippen LogP contribution in [0.4, 0.5) is 5.82 Å². The van der Waals surface area contributed by atoms with Gasteiger partial charge in [0, 0.05) is 12.6 Å². The van der Waals surface area contributed by atoms with Gasteiger partial charge in [-0.2, -0.15) is 5.26 Å². The van der Waals surface area contributed by atoms with Crippen molar-refractivity contribution < 1.29 is 0 Å². The van der Waals surface area contributed by atoms with Crippen LogP contribution in [0.5, 0.6) is 0 Å². The molecular formula is C11H12N6. The molecule has 0 unspecified atom stereocenters. The largest absolute Gasteiger partial charge is 0.351 e. The van der Waals surface area contributed by atoms with E-state index in [9.17, 15) is 0 Å². The van der Waals surface area contributed by atoms with Crippen molar-refractivity contribution in [1.29, 1.82) is 5.26 Å². The lowest BCUT2D eigenvalue weighted by Gasteiger charge is -2.22. The number of imidazole rings is 1. The maximum atomic E-state index is 8.71. The predicted molar refractivity (Wildman–Crippen MR) is 62.3 cm³/mol. The van der Waals surface area contributed by atoms with Crippen molar-refractivity contribution in [2.75, 3.05) is 11.4 Å². The first-order valence-corrected chi connectivity index (χ1v) is 5.68. The Kier molecular flexibility index (Phi) is 2.37. The van der Waals surface area contributed by atoms with E-state index in [2.05, 4.69) is 30.9 Å². The molecule has 2 aromatic heterocycles. The van der Waals surface area contributed by atoms with E-state index < -0.39 is 0 Å². The van der Waals surface area contributed by atoms with Crippen molar-refractivity contribution >= 4 is 17.0 Å². The first-order chi connectivity index (χ1) is 8.40. The molecule has 3 rings (SSSR count). The molecule has 2 aromatic rings. The van der Waals surface area contributed by atoms with Crippen LogP contribution >= 0.6 is 0 Å². The van der Waals surface area contributed by atoms with Gasteiger partial charge in [-0.25, -0.2) is 15.0 Å². The number of nitriles is 1. The van der Waals surface area contributed by atoms with Crippen LogP contribution in [0, 0.1) is 11.3 Å². The first kappa shape index (κ1) is 10.0. The molecule has 0 aromatic carbocycles. The van der Waals surface area contributed by atoms with E-state index >= 15 is 0 Å². The van der Waals surface area contributed by atoms with Gasteiger partial charge in [0.05, 0.1) is 18.8 Å². The monoisotopic (exact) mass is 228 g/mol. The van der Waals surface area contributed by atoms with Crippen molar-refractivity contribution in [2.24, 2.45) is 0 Å². The molecule has 0 spiro atoms. The summed E-state index contributed by atoms with van der Waals surface area (Å²) in [6, 6.07) is 2.70. The SMILES string of the molecule is N#CCCN(c1ncnc2nc[nH]c12)C1CC1. The second-order valence-electron chi connectivity index (χ2n) is 4.13. The quantitative estimate of drug-likeness (QED) is 0.851. The summed E-state index contributed by atoms with van der Waals surface area (Å²) < 4.78 is 0. The molecule has 6 heteroatoms. The number of aromatic nitrogens is 4. The zero-order chi connectivity index (χ0) is 11.7. The third-order valence-corrected chi connectivity index (χ3v) is 2.93. The van der Waals surface area contributed by atoms with Gasteiger partial charge in [0.25, 0.3) is 0 Å². The molecule has 6 nitrogen and oxygen atoms in total. The standard InChI is InChI=1S/C11H12N6/c12-4-1-5-17(8-2-3-8)11-9-10(14-6-13-9)15-7-16-11/h6-8H,1-3,5H2,(H,13,14,15,16). The number of H-pyrrole nitrogens is 1. The van der Waals surface area contributed by atoms with Gasteiger partial charge in [-0.15, -0.1) is 0 Å². The Bertz CT molecular complexity index is 565. The first-order valence-electron chi connectivity index (χ1n) is 5.68. The third-order valence-electron chi connectivity index (χ3n) is 2.93. The third kappa shape index (κ3) is 1.80. The summed E-state index contributed by atoms with van der Waals surface area (Å²) in [7, 11) is 0. The van der Waals surface area contributed by atoms with E-state index in [1.165, 1.54) is 19.2 Å². The topological polar surface area (TPSA) is 81.5 Å². The maximum absolute atomic E-state index is 8.71. The number of hydrogen-bond acceptors (Lipinski definition) is 5. The lowest BCUT2D eigenvalue weighted by molar-refractivity contribution is 0.779. The molecule has 1 N–H and O–H groups in total. The van der Waals surface area contributed by atoms with E-state index in [1.54, 1.807) is 6.33 Å². The van der Waals surface area contributed by atoms with Gasteiger partial charge in [-0.1, -0.05) is 0 Å². The Balaban J connectivity index is 1.99. The smallest absolute Gasteiger partial charge is 0.182 e. The van der Waals surface area contributed by atoms with Gasteiger partial charge in [-0.05, 0) is 12.8 Å². The van der Waals surface area contributed by atoms with Crippen molar-refractivity contribution in [3.63, 3.8) is 0 Å². The Morgan fingerprint density at radius 3 is 3.06 bits per heavy atom. The minimum Gasteiger partial charge on any atom is -0.351 e. The Morgan fingerprint density at radius 2 is 2.29 bits per heavy atom. The average molecular weight is 228 g/mol. The molecule has 2 heterocycles. The van der Waals surface area contributed by atoms with Crippen molar-refractivity contribution in [3.8, 4) is 6.07 Å². The summed E-state index contributed by atoms with van der Waals surface area (Å²) in [6.07, 6.45) is 6.00. The van der Waals surface area contributed by atoms with Gasteiger partial charge >= 0.3 is 0 Å². The minimum atomic E-state index is 0.510. The molecule has 1 fully saturated rings. The van der Waals surface area contributed by atoms with Crippen LogP contribution in [-0.4, -0.2) is 32.5 Å². The van der Waals surface area contributed by atoms with Gasteiger partial charge < -0.3 is 9.88 Å². The number of rotatable bonds is 4. The van der Waals surface area contributed by atoms with Crippen LogP contribution in [-0.2, 0) is 0 Å². The lowest BCUT2D eigenvalue weighted by atomic mass is 10.3. The highest BCUT2D eigenvalue weighted by atomic mass is 15.2. The number of aromatic amines is 1. The van der Waals surface area contributed by atoms with Crippen LogP contribution < -0.4 is 4.90 Å². The molecule has 17 heavy (non-hydrogen) atoms. The number of nitrogens with one attached hydrogen (secondary N) is 1. The fourth-order valence-corrected chi connectivity index (χ4v) is 1.99. The fraction of sp³-hybridized carbons (Fsp3) is 0.455. The van der Waals surface area contributed by atoms with E-state index in [0.29, 0.717) is 24.7 Å². The number of hydrogen-bond donors (Lipinski definition) is 1. The highest BCUT2D eigenvalue weighted by Crippen LogP contribution is 2.32. The van der Waals surface area contributed by atoms with E-state index in [-0.39, 0.29) is 0 Å². The van der Waals surface area contributed by atoms with Crippen LogP contribution in [0.3, 0.4) is 0 Å². The number of fused-ring (bicyclic) bond motifs is 1. The molecule has 0 radical (unpaired) electrons. The number of anilines is 1. The summed E-state index contributed by atoms with van der Waals surface area (Å²) in [5.74, 6) is 0.866. The molecule has 1 aliphatic carbocycles. The summed E-state index contributed by atoms with van der Waals surface area (Å²) in [6.45, 7) is 0.715. The molecule has 0 bridgehead atoms. The Hall–Kier alpha value is -2.16. The van der Waals surface area contributed by atoms with Gasteiger partial charge in [0.1, 0.15) is 11.8 Å². The van der Waals surface area contributed by atoms with Gasteiger partial charge in [-0.3, -0.25) is 0 Å². The molecular weight excluding hydrogens is 216 g/mol. The highest BCUT2D eigenvalue weighted by molar-refractivity contribution is 5.83. The van der Waals surface area contributed by atoms with E-state index in [4.69, 9.17) is 5.26 Å². The highest BCUT2D eigenvalue weighted by Gasteiger charge is 2.31. The maximum Gasteiger partial charge on any atom is 0.182 e. The van der Waals surface area contributed by atoms with Crippen molar-refractivity contribution in [3.05, 3.63) is 12.7 Å². The second-order valence-corrected chi connectivity index (χ2v) is 4.13. The summed E-state index contributed by atoms with van der Waals surface area (Å²) >= 11 is 0. The zero-order valence-electron chi connectivity index (χ0n) is 9.30. The molecule has 0 saturated heterocycles. The molecule has 1 aliphatic rings. The molecule has 86 valence electrons. The van der Waals surface area contributed by atoms with Crippen molar-refractivity contribution in [2.45, 2.75) is 25.3 Å². The Morgan fingerprint density at radius 1 is 1.41 bits per heavy atom. The van der Waals surface area contributed by atoms with Crippen LogP contribution in [0.25, 0.3) is 11.2 Å². The molecule has 0 atom stereocenters. The summed E-state index contributed by atoms with van der Waals surface area (Å²) in [5, 5.41) is 8.71. The van der Waals surface area contributed by atoms with E-state index in [0.717, 1.165) is 11.3 Å². The average Bonchev–Trinajstić information content (AvgIpc) is 3.07. The lowest BCUT2D eigenvalue weighted by Crippen LogP contribution is -2.27. The zero-order valence-corrected chi connectivity index (χ0v) is 9.30.